The van der Waals surface area contributed by atoms with Gasteiger partial charge in [0.15, 0.2) is 5.17 Å². The van der Waals surface area contributed by atoms with E-state index in [1.54, 1.807) is 7.11 Å². The molecule has 1 N–H and O–H groups in total. The number of aliphatic hydroxyl groups excluding tert-OH is 1. The summed E-state index contributed by atoms with van der Waals surface area (Å²) >= 11 is 1.82. The largest absolute Gasteiger partial charge is 0.497 e. The van der Waals surface area contributed by atoms with Crippen LogP contribution < -0.4 is 4.74 Å². The second-order valence-electron chi connectivity index (χ2n) is 5.28. The van der Waals surface area contributed by atoms with Crippen LogP contribution in [0.3, 0.4) is 0 Å². The Kier molecular flexibility index (Phi) is 4.17. The van der Waals surface area contributed by atoms with Crippen molar-refractivity contribution in [3.63, 3.8) is 0 Å². The Labute approximate surface area is 123 Å². The number of ether oxygens (including phenoxy) is 1. The Hall–Kier alpha value is -1.20. The van der Waals surface area contributed by atoms with Gasteiger partial charge in [0.25, 0.3) is 0 Å². The van der Waals surface area contributed by atoms with E-state index >= 15 is 0 Å². The van der Waals surface area contributed by atoms with Gasteiger partial charge in [-0.15, -0.1) is 0 Å². The molecule has 3 rings (SSSR count). The summed E-state index contributed by atoms with van der Waals surface area (Å²) < 4.78 is 5.16. The molecular weight excluding hydrogens is 272 g/mol. The average Bonchev–Trinajstić information content (AvgIpc) is 2.88. The maximum absolute atomic E-state index is 9.71. The second kappa shape index (κ2) is 6.06. The fraction of sp³-hybridized carbons (Fsp3) is 0.533. The van der Waals surface area contributed by atoms with E-state index in [4.69, 9.17) is 9.73 Å². The van der Waals surface area contributed by atoms with Crippen molar-refractivity contribution in [3.8, 4) is 5.75 Å². The molecule has 0 bridgehead atoms. The molecule has 2 saturated heterocycles. The number of aliphatic imine (C=N–C) groups is 1. The summed E-state index contributed by atoms with van der Waals surface area (Å²) in [6.45, 7) is 1.64. The first kappa shape index (κ1) is 13.8. The predicted molar refractivity (Wildman–Crippen MR) is 82.3 cm³/mol. The highest BCUT2D eigenvalue weighted by atomic mass is 32.2. The van der Waals surface area contributed by atoms with Crippen molar-refractivity contribution in [2.75, 3.05) is 19.4 Å². The second-order valence-corrected chi connectivity index (χ2v) is 6.27. The smallest absolute Gasteiger partial charge is 0.159 e. The van der Waals surface area contributed by atoms with E-state index in [-0.39, 0.29) is 6.10 Å². The number of benzene rings is 1. The molecule has 5 heteroatoms. The standard InChI is InChI=1S/C15H20N2O2S/c1-19-14-4-2-11(3-5-14)9-16-15-17-7-6-13(18)8-12(17)10-20-15/h2-5,12-13,18H,6-10H2,1H3. The highest BCUT2D eigenvalue weighted by molar-refractivity contribution is 8.14. The third kappa shape index (κ3) is 2.94. The Balaban J connectivity index is 1.64. The van der Waals surface area contributed by atoms with E-state index in [0.29, 0.717) is 12.6 Å². The Morgan fingerprint density at radius 2 is 2.20 bits per heavy atom. The molecule has 0 amide bonds. The zero-order chi connectivity index (χ0) is 13.9. The maximum Gasteiger partial charge on any atom is 0.159 e. The first-order valence-corrected chi connectivity index (χ1v) is 7.99. The van der Waals surface area contributed by atoms with Crippen molar-refractivity contribution in [1.29, 1.82) is 0 Å². The van der Waals surface area contributed by atoms with Crippen molar-refractivity contribution in [1.82, 2.24) is 4.90 Å². The molecular formula is C15H20N2O2S. The number of thioether (sulfide) groups is 1. The van der Waals surface area contributed by atoms with Gasteiger partial charge in [-0.1, -0.05) is 23.9 Å². The molecule has 2 heterocycles. The van der Waals surface area contributed by atoms with Crippen LogP contribution in [-0.4, -0.2) is 46.7 Å². The van der Waals surface area contributed by atoms with Gasteiger partial charge >= 0.3 is 0 Å². The number of methoxy groups -OCH3 is 1. The number of amidine groups is 1. The minimum Gasteiger partial charge on any atom is -0.497 e. The van der Waals surface area contributed by atoms with Crippen molar-refractivity contribution >= 4 is 16.9 Å². The average molecular weight is 292 g/mol. The van der Waals surface area contributed by atoms with Gasteiger partial charge in [0, 0.05) is 18.3 Å². The van der Waals surface area contributed by atoms with Gasteiger partial charge in [0.05, 0.1) is 19.8 Å². The van der Waals surface area contributed by atoms with Gasteiger partial charge in [0.1, 0.15) is 5.75 Å². The van der Waals surface area contributed by atoms with Crippen LogP contribution >= 0.6 is 11.8 Å². The summed E-state index contributed by atoms with van der Waals surface area (Å²) in [6, 6.07) is 8.52. The zero-order valence-electron chi connectivity index (χ0n) is 11.7. The van der Waals surface area contributed by atoms with E-state index in [2.05, 4.69) is 17.0 Å². The summed E-state index contributed by atoms with van der Waals surface area (Å²) in [5.74, 6) is 1.93. The number of aliphatic hydroxyl groups is 1. The Bertz CT molecular complexity index is 489. The van der Waals surface area contributed by atoms with Crippen molar-refractivity contribution < 1.29 is 9.84 Å². The van der Waals surface area contributed by atoms with Gasteiger partial charge in [-0.05, 0) is 30.5 Å². The fourth-order valence-electron chi connectivity index (χ4n) is 2.72. The lowest BCUT2D eigenvalue weighted by Crippen LogP contribution is -2.43. The molecule has 0 aromatic heterocycles. The lowest BCUT2D eigenvalue weighted by molar-refractivity contribution is 0.0863. The summed E-state index contributed by atoms with van der Waals surface area (Å²) in [7, 11) is 1.68. The SMILES string of the molecule is COc1ccc(CN=C2SCC3CC(O)CCN23)cc1. The van der Waals surface area contributed by atoms with Gasteiger partial charge in [-0.25, -0.2) is 0 Å². The highest BCUT2D eigenvalue weighted by Gasteiger charge is 2.34. The monoisotopic (exact) mass is 292 g/mol. The molecule has 0 spiro atoms. The maximum atomic E-state index is 9.71. The summed E-state index contributed by atoms with van der Waals surface area (Å²) in [6.07, 6.45) is 1.62. The first-order valence-electron chi connectivity index (χ1n) is 7.01. The molecule has 2 aliphatic rings. The van der Waals surface area contributed by atoms with Crippen LogP contribution in [0.2, 0.25) is 0 Å². The van der Waals surface area contributed by atoms with Crippen molar-refractivity contribution in [2.24, 2.45) is 4.99 Å². The normalized spacial score (nSPS) is 27.7. The van der Waals surface area contributed by atoms with Crippen LogP contribution in [0.15, 0.2) is 29.3 Å². The molecule has 0 saturated carbocycles. The van der Waals surface area contributed by atoms with Crippen LogP contribution in [0, 0.1) is 0 Å². The van der Waals surface area contributed by atoms with Crippen LogP contribution in [0.5, 0.6) is 5.75 Å². The first-order chi connectivity index (χ1) is 9.76. The molecule has 4 nitrogen and oxygen atoms in total. The third-order valence-corrected chi connectivity index (χ3v) is 5.07. The molecule has 2 aliphatic heterocycles. The van der Waals surface area contributed by atoms with E-state index in [9.17, 15) is 5.11 Å². The van der Waals surface area contributed by atoms with E-state index in [1.807, 2.05) is 23.9 Å². The number of rotatable bonds is 3. The fourth-order valence-corrected chi connectivity index (χ4v) is 3.94. The zero-order valence-corrected chi connectivity index (χ0v) is 12.5. The molecule has 108 valence electrons. The Morgan fingerprint density at radius 3 is 2.95 bits per heavy atom. The van der Waals surface area contributed by atoms with Gasteiger partial charge in [-0.2, -0.15) is 0 Å². The van der Waals surface area contributed by atoms with Gasteiger partial charge in [0.2, 0.25) is 0 Å². The molecule has 0 radical (unpaired) electrons. The van der Waals surface area contributed by atoms with Crippen LogP contribution in [-0.2, 0) is 6.54 Å². The minimum atomic E-state index is -0.127. The van der Waals surface area contributed by atoms with Crippen LogP contribution in [0.1, 0.15) is 18.4 Å². The van der Waals surface area contributed by atoms with Crippen molar-refractivity contribution in [2.45, 2.75) is 31.5 Å². The minimum absolute atomic E-state index is 0.127. The molecule has 2 fully saturated rings. The number of piperidine rings is 1. The lowest BCUT2D eigenvalue weighted by Gasteiger charge is -2.33. The predicted octanol–water partition coefficient (Wildman–Crippen LogP) is 2.12. The van der Waals surface area contributed by atoms with E-state index in [1.165, 1.54) is 5.56 Å². The summed E-state index contributed by atoms with van der Waals surface area (Å²) in [5, 5.41) is 10.8. The van der Waals surface area contributed by atoms with E-state index in [0.717, 1.165) is 36.1 Å². The lowest BCUT2D eigenvalue weighted by atomic mass is 10.0. The highest BCUT2D eigenvalue weighted by Crippen LogP contribution is 2.31. The number of fused-ring (bicyclic) bond motifs is 1. The van der Waals surface area contributed by atoms with Crippen LogP contribution in [0.25, 0.3) is 0 Å². The molecule has 1 aromatic carbocycles. The van der Waals surface area contributed by atoms with Gasteiger partial charge < -0.3 is 14.7 Å². The number of hydrogen-bond acceptors (Lipinski definition) is 4. The number of nitrogens with zero attached hydrogens (tertiary/aromatic N) is 2. The quantitative estimate of drug-likeness (QED) is 0.927. The molecule has 2 atom stereocenters. The molecule has 1 aromatic rings. The van der Waals surface area contributed by atoms with Crippen molar-refractivity contribution in [3.05, 3.63) is 29.8 Å². The molecule has 2 unspecified atom stereocenters. The third-order valence-electron chi connectivity index (χ3n) is 3.89. The van der Waals surface area contributed by atoms with Crippen LogP contribution in [0.4, 0.5) is 0 Å². The molecule has 20 heavy (non-hydrogen) atoms. The number of hydrogen-bond donors (Lipinski definition) is 1. The van der Waals surface area contributed by atoms with E-state index < -0.39 is 0 Å². The summed E-state index contributed by atoms with van der Waals surface area (Å²) in [5.41, 5.74) is 1.19. The Morgan fingerprint density at radius 1 is 1.40 bits per heavy atom. The topological polar surface area (TPSA) is 45.1 Å². The van der Waals surface area contributed by atoms with Gasteiger partial charge in [-0.3, -0.25) is 4.99 Å². The molecule has 0 aliphatic carbocycles. The summed E-state index contributed by atoms with van der Waals surface area (Å²) in [4.78, 5) is 7.10.